The lowest BCUT2D eigenvalue weighted by Crippen LogP contribution is -2.34. The van der Waals surface area contributed by atoms with Crippen molar-refractivity contribution in [3.8, 4) is 0 Å². The van der Waals surface area contributed by atoms with Gasteiger partial charge in [-0.05, 0) is 19.3 Å². The third-order valence-electron chi connectivity index (χ3n) is 6.85. The monoisotopic (exact) mass is 454 g/mol. The van der Waals surface area contributed by atoms with Gasteiger partial charge in [-0.25, -0.2) is 0 Å². The molecule has 0 aromatic carbocycles. The lowest BCUT2D eigenvalue weighted by atomic mass is 10.0. The zero-order chi connectivity index (χ0) is 23.5. The van der Waals surface area contributed by atoms with Crippen LogP contribution in [-0.2, 0) is 4.74 Å². The molecule has 2 unspecified atom stereocenters. The van der Waals surface area contributed by atoms with Gasteiger partial charge in [0.15, 0.2) is 0 Å². The van der Waals surface area contributed by atoms with Crippen molar-refractivity contribution in [1.82, 2.24) is 0 Å². The Kier molecular flexibility index (Phi) is 27.0. The fraction of sp³-hybridized carbons (Fsp3) is 1.00. The molecule has 32 heavy (non-hydrogen) atoms. The van der Waals surface area contributed by atoms with E-state index in [4.69, 9.17) is 16.2 Å². The number of hydrogen-bond acceptors (Lipinski definition) is 3. The van der Waals surface area contributed by atoms with Gasteiger partial charge < -0.3 is 16.2 Å². The normalized spacial score (nSPS) is 13.5. The summed E-state index contributed by atoms with van der Waals surface area (Å²) in [6, 6.07) is 0.0837. The van der Waals surface area contributed by atoms with Crippen molar-refractivity contribution < 1.29 is 4.74 Å². The molecule has 0 bridgehead atoms. The van der Waals surface area contributed by atoms with Crippen molar-refractivity contribution in [3.63, 3.8) is 0 Å². The summed E-state index contributed by atoms with van der Waals surface area (Å²) in [4.78, 5) is 0. The van der Waals surface area contributed by atoms with E-state index in [0.29, 0.717) is 12.6 Å². The van der Waals surface area contributed by atoms with E-state index < -0.39 is 0 Å². The Bertz CT molecular complexity index is 337. The second-order valence-corrected chi connectivity index (χ2v) is 10.2. The van der Waals surface area contributed by atoms with Crippen molar-refractivity contribution >= 4 is 0 Å². The van der Waals surface area contributed by atoms with E-state index in [2.05, 4.69) is 13.8 Å². The molecule has 0 heterocycles. The predicted octanol–water partition coefficient (Wildman–Crippen LogP) is 8.67. The lowest BCUT2D eigenvalue weighted by Gasteiger charge is -2.21. The Morgan fingerprint density at radius 3 is 1.31 bits per heavy atom. The highest BCUT2D eigenvalue weighted by atomic mass is 16.5. The first-order valence-corrected chi connectivity index (χ1v) is 14.8. The van der Waals surface area contributed by atoms with Gasteiger partial charge in [0.1, 0.15) is 0 Å². The van der Waals surface area contributed by atoms with Crippen molar-refractivity contribution in [2.75, 3.05) is 13.2 Å². The van der Waals surface area contributed by atoms with Crippen LogP contribution in [0.5, 0.6) is 0 Å². The molecule has 0 saturated heterocycles. The Hall–Kier alpha value is -0.120. The lowest BCUT2D eigenvalue weighted by molar-refractivity contribution is 0.0336. The summed E-state index contributed by atoms with van der Waals surface area (Å²) in [5.74, 6) is 0. The number of ether oxygens (including phenoxy) is 1. The van der Waals surface area contributed by atoms with E-state index in [1.54, 1.807) is 0 Å². The maximum absolute atomic E-state index is 6.24. The summed E-state index contributed by atoms with van der Waals surface area (Å²) in [6.07, 6.45) is 31.4. The van der Waals surface area contributed by atoms with Crippen LogP contribution < -0.4 is 11.5 Å². The number of rotatable bonds is 27. The molecule has 4 N–H and O–H groups in total. The van der Waals surface area contributed by atoms with Gasteiger partial charge in [0.25, 0.3) is 0 Å². The Labute approximate surface area is 203 Å². The van der Waals surface area contributed by atoms with Gasteiger partial charge in [0.2, 0.25) is 0 Å². The highest BCUT2D eigenvalue weighted by Crippen LogP contribution is 2.16. The Morgan fingerprint density at radius 1 is 0.531 bits per heavy atom. The molecule has 0 amide bonds. The molecule has 0 aliphatic heterocycles. The van der Waals surface area contributed by atoms with E-state index in [1.807, 2.05) is 0 Å². The Morgan fingerprint density at radius 2 is 0.906 bits per heavy atom. The minimum absolute atomic E-state index is 0.0837. The second kappa shape index (κ2) is 27.1. The largest absolute Gasteiger partial charge is 0.378 e. The maximum atomic E-state index is 6.24. The summed E-state index contributed by atoms with van der Waals surface area (Å²) in [5, 5.41) is 0. The molecule has 0 fully saturated rings. The third kappa shape index (κ3) is 24.5. The van der Waals surface area contributed by atoms with Crippen molar-refractivity contribution in [3.05, 3.63) is 0 Å². The smallest absolute Gasteiger partial charge is 0.0590 e. The van der Waals surface area contributed by atoms with E-state index in [1.165, 1.54) is 135 Å². The SMILES string of the molecule is CCCCCCCCCCCCCOC(CCCCCCCCCCCC)CC(N)CN. The standard InChI is InChI=1S/C29H62N2O/c1-3-5-7-9-11-13-15-17-19-21-23-25-32-29(26-28(31)27-30)24-22-20-18-16-14-12-10-8-6-4-2/h28-29H,3-27,30-31H2,1-2H3. The van der Waals surface area contributed by atoms with Crippen LogP contribution in [-0.4, -0.2) is 25.3 Å². The zero-order valence-electron chi connectivity index (χ0n) is 22.4. The number of hydrogen-bond donors (Lipinski definition) is 2. The minimum Gasteiger partial charge on any atom is -0.378 e. The molecule has 2 atom stereocenters. The van der Waals surface area contributed by atoms with Gasteiger partial charge in [0, 0.05) is 19.2 Å². The first-order chi connectivity index (χ1) is 15.7. The van der Waals surface area contributed by atoms with E-state index in [9.17, 15) is 0 Å². The molecule has 0 saturated carbocycles. The topological polar surface area (TPSA) is 61.3 Å². The molecule has 3 heteroatoms. The fourth-order valence-electron chi connectivity index (χ4n) is 4.58. The van der Waals surface area contributed by atoms with Crippen LogP contribution in [0.1, 0.15) is 162 Å². The Balaban J connectivity index is 3.64. The van der Waals surface area contributed by atoms with Crippen molar-refractivity contribution in [2.45, 2.75) is 174 Å². The van der Waals surface area contributed by atoms with Gasteiger partial charge in [-0.1, -0.05) is 142 Å². The molecule has 0 radical (unpaired) electrons. The van der Waals surface area contributed by atoms with Crippen LogP contribution in [0.15, 0.2) is 0 Å². The van der Waals surface area contributed by atoms with Crippen LogP contribution in [0, 0.1) is 0 Å². The third-order valence-corrected chi connectivity index (χ3v) is 6.85. The maximum Gasteiger partial charge on any atom is 0.0590 e. The van der Waals surface area contributed by atoms with Crippen LogP contribution in [0.4, 0.5) is 0 Å². The zero-order valence-corrected chi connectivity index (χ0v) is 22.4. The van der Waals surface area contributed by atoms with Gasteiger partial charge in [-0.15, -0.1) is 0 Å². The summed E-state index contributed by atoms with van der Waals surface area (Å²) < 4.78 is 6.24. The first kappa shape index (κ1) is 31.9. The van der Waals surface area contributed by atoms with Crippen LogP contribution in [0.2, 0.25) is 0 Å². The second-order valence-electron chi connectivity index (χ2n) is 10.2. The molecule has 0 aromatic heterocycles. The van der Waals surface area contributed by atoms with Gasteiger partial charge in [-0.3, -0.25) is 0 Å². The molecule has 0 rings (SSSR count). The first-order valence-electron chi connectivity index (χ1n) is 14.8. The fourth-order valence-corrected chi connectivity index (χ4v) is 4.58. The van der Waals surface area contributed by atoms with Crippen molar-refractivity contribution in [2.24, 2.45) is 11.5 Å². The number of unbranched alkanes of at least 4 members (excludes halogenated alkanes) is 19. The molecule has 194 valence electrons. The molecule has 0 aliphatic rings. The van der Waals surface area contributed by atoms with Gasteiger partial charge in [0.05, 0.1) is 6.10 Å². The molecule has 0 aromatic rings. The van der Waals surface area contributed by atoms with Crippen LogP contribution in [0.25, 0.3) is 0 Å². The van der Waals surface area contributed by atoms with Gasteiger partial charge >= 0.3 is 0 Å². The molecule has 0 aliphatic carbocycles. The van der Waals surface area contributed by atoms with Crippen LogP contribution in [0.3, 0.4) is 0 Å². The quantitative estimate of drug-likeness (QED) is 0.122. The van der Waals surface area contributed by atoms with E-state index in [0.717, 1.165) is 19.4 Å². The molecule has 3 nitrogen and oxygen atoms in total. The summed E-state index contributed by atoms with van der Waals surface area (Å²) >= 11 is 0. The molecule has 0 spiro atoms. The average Bonchev–Trinajstić information content (AvgIpc) is 2.80. The summed E-state index contributed by atoms with van der Waals surface area (Å²) in [6.45, 7) is 6.04. The highest BCUT2D eigenvalue weighted by Gasteiger charge is 2.13. The van der Waals surface area contributed by atoms with Crippen molar-refractivity contribution in [1.29, 1.82) is 0 Å². The van der Waals surface area contributed by atoms with Crippen LogP contribution >= 0.6 is 0 Å². The molecular weight excluding hydrogens is 392 g/mol. The summed E-state index contributed by atoms with van der Waals surface area (Å²) in [5.41, 5.74) is 11.9. The number of nitrogens with two attached hydrogens (primary N) is 2. The van der Waals surface area contributed by atoms with Gasteiger partial charge in [-0.2, -0.15) is 0 Å². The average molecular weight is 455 g/mol. The highest BCUT2D eigenvalue weighted by molar-refractivity contribution is 4.70. The summed E-state index contributed by atoms with van der Waals surface area (Å²) in [7, 11) is 0. The minimum atomic E-state index is 0.0837. The molecular formula is C29H62N2O. The van der Waals surface area contributed by atoms with E-state index in [-0.39, 0.29) is 6.04 Å². The van der Waals surface area contributed by atoms with E-state index >= 15 is 0 Å². The predicted molar refractivity (Wildman–Crippen MR) is 144 cm³/mol.